The van der Waals surface area contributed by atoms with Crippen LogP contribution in [0.25, 0.3) is 0 Å². The monoisotopic (exact) mass is 254 g/mol. The van der Waals surface area contributed by atoms with Gasteiger partial charge in [0, 0.05) is 6.54 Å². The summed E-state index contributed by atoms with van der Waals surface area (Å²) in [6, 6.07) is 0. The largest absolute Gasteiger partial charge is 0.388 e. The number of hydrogen-bond donors (Lipinski definition) is 1. The molecular weight excluding hydrogens is 232 g/mol. The highest BCUT2D eigenvalue weighted by Crippen LogP contribution is 2.18. The van der Waals surface area contributed by atoms with Gasteiger partial charge in [-0.05, 0) is 12.3 Å². The summed E-state index contributed by atoms with van der Waals surface area (Å²) < 4.78 is 1.95. The lowest BCUT2D eigenvalue weighted by Crippen LogP contribution is -2.15. The van der Waals surface area contributed by atoms with E-state index in [9.17, 15) is 0 Å². The van der Waals surface area contributed by atoms with Crippen LogP contribution in [0.2, 0.25) is 0 Å². The number of aromatic nitrogens is 3. The third-order valence-electron chi connectivity index (χ3n) is 2.78. The summed E-state index contributed by atoms with van der Waals surface area (Å²) in [5.41, 5.74) is 7.41. The predicted molar refractivity (Wildman–Crippen MR) is 74.1 cm³/mol. The van der Waals surface area contributed by atoms with Crippen LogP contribution in [0.15, 0.2) is 0 Å². The van der Waals surface area contributed by atoms with Gasteiger partial charge < -0.3 is 5.73 Å². The molecule has 1 aromatic heterocycles. The first-order valence-corrected chi connectivity index (χ1v) is 6.71. The van der Waals surface area contributed by atoms with E-state index in [1.54, 1.807) is 0 Å². The van der Waals surface area contributed by atoms with Gasteiger partial charge in [-0.3, -0.25) is 0 Å². The number of hydrogen-bond acceptors (Lipinski definition) is 3. The molecule has 4 nitrogen and oxygen atoms in total. The molecule has 0 radical (unpaired) electrons. The Morgan fingerprint density at radius 2 is 2.06 bits per heavy atom. The number of nitrogens with zero attached hydrogens (tertiary/aromatic N) is 3. The van der Waals surface area contributed by atoms with E-state index in [2.05, 4.69) is 31.1 Å². The quantitative estimate of drug-likeness (QED) is 0.600. The second-order valence-corrected chi connectivity index (χ2v) is 5.07. The molecule has 1 heterocycles. The van der Waals surface area contributed by atoms with Crippen LogP contribution in [0.3, 0.4) is 0 Å². The van der Waals surface area contributed by atoms with Crippen molar-refractivity contribution in [2.24, 2.45) is 5.73 Å². The van der Waals surface area contributed by atoms with Crippen molar-refractivity contribution in [1.29, 1.82) is 0 Å². The van der Waals surface area contributed by atoms with E-state index >= 15 is 0 Å². The lowest BCUT2D eigenvalue weighted by Gasteiger charge is -2.10. The van der Waals surface area contributed by atoms with E-state index in [1.165, 1.54) is 19.3 Å². The third kappa shape index (κ3) is 3.77. The first kappa shape index (κ1) is 14.1. The maximum Gasteiger partial charge on any atom is 0.143 e. The summed E-state index contributed by atoms with van der Waals surface area (Å²) in [5.74, 6) is 0.340. The number of thiocarbonyl (C=S) groups is 1. The number of nitrogens with two attached hydrogens (primary N) is 1. The smallest absolute Gasteiger partial charge is 0.143 e. The van der Waals surface area contributed by atoms with Gasteiger partial charge in [0.25, 0.3) is 0 Å². The Hall–Kier alpha value is -0.970. The molecule has 0 atom stereocenters. The van der Waals surface area contributed by atoms with Crippen LogP contribution < -0.4 is 5.73 Å². The highest BCUT2D eigenvalue weighted by molar-refractivity contribution is 7.80. The van der Waals surface area contributed by atoms with Crippen molar-refractivity contribution in [1.82, 2.24) is 15.0 Å². The summed E-state index contributed by atoms with van der Waals surface area (Å²) in [4.78, 5) is 0.341. The molecule has 0 aliphatic heterocycles. The summed E-state index contributed by atoms with van der Waals surface area (Å²) in [6.45, 7) is 7.34. The molecule has 0 aliphatic rings. The fraction of sp³-hybridized carbons (Fsp3) is 0.750. The highest BCUT2D eigenvalue weighted by atomic mass is 32.1. The van der Waals surface area contributed by atoms with Gasteiger partial charge in [0.1, 0.15) is 10.7 Å². The van der Waals surface area contributed by atoms with Crippen molar-refractivity contribution < 1.29 is 0 Å². The summed E-state index contributed by atoms with van der Waals surface area (Å²) in [5, 5.41) is 8.24. The molecule has 1 rings (SSSR count). The van der Waals surface area contributed by atoms with Gasteiger partial charge in [-0.15, -0.1) is 5.10 Å². The molecule has 0 saturated heterocycles. The Labute approximate surface area is 109 Å². The van der Waals surface area contributed by atoms with Crippen molar-refractivity contribution in [2.75, 3.05) is 0 Å². The molecule has 0 amide bonds. The minimum absolute atomic E-state index is 0.340. The SMILES string of the molecule is CCCCCCn1nnc(C(N)=S)c1C(C)C. The van der Waals surface area contributed by atoms with Gasteiger partial charge in [0.05, 0.1) is 5.69 Å². The maximum absolute atomic E-state index is 5.66. The lowest BCUT2D eigenvalue weighted by atomic mass is 10.1. The van der Waals surface area contributed by atoms with Crippen LogP contribution in [0.1, 0.15) is 63.8 Å². The van der Waals surface area contributed by atoms with Gasteiger partial charge in [-0.1, -0.05) is 57.5 Å². The lowest BCUT2D eigenvalue weighted by molar-refractivity contribution is 0.503. The summed E-state index contributed by atoms with van der Waals surface area (Å²) in [7, 11) is 0. The average molecular weight is 254 g/mol. The standard InChI is InChI=1S/C12H22N4S/c1-4-5-6-7-8-16-11(9(2)3)10(12(13)17)14-15-16/h9H,4-8H2,1-3H3,(H2,13,17). The zero-order valence-electron chi connectivity index (χ0n) is 10.9. The van der Waals surface area contributed by atoms with Crippen LogP contribution in [0.5, 0.6) is 0 Å². The molecule has 1 aromatic rings. The van der Waals surface area contributed by atoms with Crippen LogP contribution in [-0.2, 0) is 6.54 Å². The van der Waals surface area contributed by atoms with E-state index in [1.807, 2.05) is 4.68 Å². The molecule has 0 fully saturated rings. The number of unbranched alkanes of at least 4 members (excludes halogenated alkanes) is 3. The zero-order valence-corrected chi connectivity index (χ0v) is 11.8. The Kier molecular flexibility index (Phi) is 5.55. The molecule has 17 heavy (non-hydrogen) atoms. The topological polar surface area (TPSA) is 56.7 Å². The van der Waals surface area contributed by atoms with Crippen LogP contribution >= 0.6 is 12.2 Å². The summed E-state index contributed by atoms with van der Waals surface area (Å²) >= 11 is 5.00. The zero-order chi connectivity index (χ0) is 12.8. The van der Waals surface area contributed by atoms with Crippen molar-refractivity contribution in [3.63, 3.8) is 0 Å². The van der Waals surface area contributed by atoms with Gasteiger partial charge in [-0.2, -0.15) is 0 Å². The summed E-state index contributed by atoms with van der Waals surface area (Å²) in [6.07, 6.45) is 4.88. The Morgan fingerprint density at radius 1 is 1.35 bits per heavy atom. The molecule has 0 unspecified atom stereocenters. The number of rotatable bonds is 7. The Balaban J connectivity index is 2.74. The van der Waals surface area contributed by atoms with E-state index in [4.69, 9.17) is 18.0 Å². The molecule has 0 aromatic carbocycles. The van der Waals surface area contributed by atoms with E-state index in [0.717, 1.165) is 18.7 Å². The second kappa shape index (κ2) is 6.69. The van der Waals surface area contributed by atoms with Gasteiger partial charge >= 0.3 is 0 Å². The van der Waals surface area contributed by atoms with E-state index in [0.29, 0.717) is 16.6 Å². The third-order valence-corrected chi connectivity index (χ3v) is 2.97. The predicted octanol–water partition coefficient (Wildman–Crippen LogP) is 2.62. The molecule has 96 valence electrons. The molecule has 0 aliphatic carbocycles. The fourth-order valence-corrected chi connectivity index (χ4v) is 2.07. The molecule has 5 heteroatoms. The fourth-order valence-electron chi connectivity index (χ4n) is 1.92. The van der Waals surface area contributed by atoms with E-state index < -0.39 is 0 Å². The van der Waals surface area contributed by atoms with Crippen LogP contribution in [-0.4, -0.2) is 20.0 Å². The minimum Gasteiger partial charge on any atom is -0.388 e. The van der Waals surface area contributed by atoms with E-state index in [-0.39, 0.29) is 0 Å². The Morgan fingerprint density at radius 3 is 2.59 bits per heavy atom. The average Bonchev–Trinajstić information content (AvgIpc) is 2.68. The first-order valence-electron chi connectivity index (χ1n) is 6.31. The molecule has 0 bridgehead atoms. The highest BCUT2D eigenvalue weighted by Gasteiger charge is 2.17. The minimum atomic E-state index is 0.340. The van der Waals surface area contributed by atoms with Crippen molar-refractivity contribution in [3.8, 4) is 0 Å². The maximum atomic E-state index is 5.66. The molecule has 2 N–H and O–H groups in total. The van der Waals surface area contributed by atoms with Crippen molar-refractivity contribution in [2.45, 2.75) is 58.9 Å². The van der Waals surface area contributed by atoms with Crippen molar-refractivity contribution >= 4 is 17.2 Å². The van der Waals surface area contributed by atoms with Crippen LogP contribution in [0.4, 0.5) is 0 Å². The number of aryl methyl sites for hydroxylation is 1. The Bertz CT molecular complexity index is 371. The molecule has 0 spiro atoms. The van der Waals surface area contributed by atoms with Gasteiger partial charge in [0.2, 0.25) is 0 Å². The normalized spacial score (nSPS) is 11.1. The van der Waals surface area contributed by atoms with Crippen LogP contribution in [0, 0.1) is 0 Å². The molecule has 0 saturated carbocycles. The second-order valence-electron chi connectivity index (χ2n) is 4.63. The van der Waals surface area contributed by atoms with Gasteiger partial charge in [0.15, 0.2) is 0 Å². The molecular formula is C12H22N4S. The van der Waals surface area contributed by atoms with Crippen molar-refractivity contribution in [3.05, 3.63) is 11.4 Å². The van der Waals surface area contributed by atoms with Gasteiger partial charge in [-0.25, -0.2) is 4.68 Å². The first-order chi connectivity index (χ1) is 8.07.